The first kappa shape index (κ1) is 10.3. The first-order valence-electron chi connectivity index (χ1n) is 5.05. The summed E-state index contributed by atoms with van der Waals surface area (Å²) in [6.45, 7) is 1.20. The van der Waals surface area contributed by atoms with Crippen LogP contribution in [0.1, 0.15) is 30.9 Å². The molecule has 0 aliphatic carbocycles. The van der Waals surface area contributed by atoms with E-state index in [1.165, 1.54) is 31.4 Å². The predicted molar refractivity (Wildman–Crippen MR) is 59.8 cm³/mol. The van der Waals surface area contributed by atoms with Gasteiger partial charge in [0.05, 0.1) is 6.54 Å². The van der Waals surface area contributed by atoms with E-state index in [9.17, 15) is 0 Å². The van der Waals surface area contributed by atoms with Gasteiger partial charge in [-0.15, -0.1) is 0 Å². The number of nitrogens with two attached hydrogens (primary N) is 1. The quantitative estimate of drug-likeness (QED) is 0.765. The van der Waals surface area contributed by atoms with Crippen LogP contribution in [-0.2, 0) is 0 Å². The van der Waals surface area contributed by atoms with Gasteiger partial charge in [0.25, 0.3) is 0 Å². The second-order valence-electron chi connectivity index (χ2n) is 3.79. The van der Waals surface area contributed by atoms with Crippen molar-refractivity contribution in [1.29, 1.82) is 0 Å². The Morgan fingerprint density at radius 2 is 2.07 bits per heavy atom. The van der Waals surface area contributed by atoms with Crippen LogP contribution in [0.2, 0.25) is 10.0 Å². The zero-order valence-corrected chi connectivity index (χ0v) is 9.48. The monoisotopic (exact) mass is 230 g/mol. The lowest BCUT2D eigenvalue weighted by atomic mass is 9.97. The maximum absolute atomic E-state index is 6.15. The van der Waals surface area contributed by atoms with E-state index in [0.29, 0.717) is 6.04 Å². The van der Waals surface area contributed by atoms with Crippen molar-refractivity contribution in [2.45, 2.75) is 25.3 Å². The van der Waals surface area contributed by atoms with Gasteiger partial charge in [-0.25, -0.2) is 0 Å². The van der Waals surface area contributed by atoms with Gasteiger partial charge in [-0.05, 0) is 31.0 Å². The molecule has 0 saturated carbocycles. The van der Waals surface area contributed by atoms with E-state index in [1.807, 2.05) is 18.2 Å². The minimum absolute atomic E-state index is 0.509. The van der Waals surface area contributed by atoms with Crippen LogP contribution < -0.4 is 5.32 Å². The summed E-state index contributed by atoms with van der Waals surface area (Å²) in [6, 6.07) is 6.24. The minimum atomic E-state index is 0.509. The fourth-order valence-corrected chi connectivity index (χ4v) is 2.46. The van der Waals surface area contributed by atoms with Crippen LogP contribution in [-0.4, -0.2) is 6.54 Å². The van der Waals surface area contributed by atoms with Crippen LogP contribution >= 0.6 is 23.2 Å². The summed E-state index contributed by atoms with van der Waals surface area (Å²) in [5, 5.41) is 3.99. The molecule has 0 radical (unpaired) electrons. The Balaban J connectivity index is 2.24. The van der Waals surface area contributed by atoms with Crippen LogP contribution in [0.15, 0.2) is 18.2 Å². The Labute approximate surface area is 94.4 Å². The van der Waals surface area contributed by atoms with Gasteiger partial charge in [-0.3, -0.25) is 0 Å². The summed E-state index contributed by atoms with van der Waals surface area (Å²) in [4.78, 5) is 0. The van der Waals surface area contributed by atoms with E-state index < -0.39 is 0 Å². The number of quaternary nitrogens is 1. The van der Waals surface area contributed by atoms with Crippen molar-refractivity contribution in [3.05, 3.63) is 33.8 Å². The van der Waals surface area contributed by atoms with Gasteiger partial charge in [0.1, 0.15) is 6.04 Å². The molecule has 1 aliphatic rings. The van der Waals surface area contributed by atoms with E-state index in [4.69, 9.17) is 23.2 Å². The van der Waals surface area contributed by atoms with Crippen LogP contribution in [0, 0.1) is 0 Å². The zero-order valence-electron chi connectivity index (χ0n) is 7.97. The molecule has 1 heterocycles. The van der Waals surface area contributed by atoms with Gasteiger partial charge in [0.2, 0.25) is 0 Å². The zero-order chi connectivity index (χ0) is 9.97. The molecule has 0 unspecified atom stereocenters. The first-order valence-corrected chi connectivity index (χ1v) is 5.81. The van der Waals surface area contributed by atoms with E-state index in [0.717, 1.165) is 10.0 Å². The van der Waals surface area contributed by atoms with Gasteiger partial charge >= 0.3 is 0 Å². The smallest absolute Gasteiger partial charge is 0.113 e. The summed E-state index contributed by atoms with van der Waals surface area (Å²) in [6.07, 6.45) is 3.82. The Kier molecular flexibility index (Phi) is 3.32. The summed E-state index contributed by atoms with van der Waals surface area (Å²) < 4.78 is 0. The van der Waals surface area contributed by atoms with Gasteiger partial charge in [-0.1, -0.05) is 23.2 Å². The van der Waals surface area contributed by atoms with E-state index in [-0.39, 0.29) is 0 Å². The van der Waals surface area contributed by atoms with Crippen LogP contribution in [0.3, 0.4) is 0 Å². The third-order valence-electron chi connectivity index (χ3n) is 2.78. The molecule has 14 heavy (non-hydrogen) atoms. The van der Waals surface area contributed by atoms with Crippen LogP contribution in [0.5, 0.6) is 0 Å². The van der Waals surface area contributed by atoms with Crippen molar-refractivity contribution in [3.8, 4) is 0 Å². The summed E-state index contributed by atoms with van der Waals surface area (Å²) in [5.74, 6) is 0. The maximum Gasteiger partial charge on any atom is 0.113 e. The summed E-state index contributed by atoms with van der Waals surface area (Å²) >= 11 is 12.1. The molecule has 0 spiro atoms. The van der Waals surface area contributed by atoms with Gasteiger partial charge in [0, 0.05) is 22.0 Å². The maximum atomic E-state index is 6.15. The molecule has 2 rings (SSSR count). The van der Waals surface area contributed by atoms with Crippen molar-refractivity contribution >= 4 is 23.2 Å². The Hall–Kier alpha value is -0.240. The second kappa shape index (κ2) is 4.52. The molecule has 1 nitrogen and oxygen atoms in total. The number of hydrogen-bond acceptors (Lipinski definition) is 0. The fraction of sp³-hybridized carbons (Fsp3) is 0.455. The van der Waals surface area contributed by atoms with Crippen LogP contribution in [0.4, 0.5) is 0 Å². The lowest BCUT2D eigenvalue weighted by Crippen LogP contribution is -2.86. The molecular formula is C11H14Cl2N+. The fourth-order valence-electron chi connectivity index (χ4n) is 2.03. The molecule has 1 atom stereocenters. The molecule has 1 aromatic rings. The third-order valence-corrected chi connectivity index (χ3v) is 3.36. The van der Waals surface area contributed by atoms with Crippen molar-refractivity contribution < 1.29 is 5.32 Å². The van der Waals surface area contributed by atoms with E-state index in [1.54, 1.807) is 0 Å². The second-order valence-corrected chi connectivity index (χ2v) is 4.64. The number of hydrogen-bond donors (Lipinski definition) is 1. The molecule has 1 saturated heterocycles. The van der Waals surface area contributed by atoms with Crippen molar-refractivity contribution in [3.63, 3.8) is 0 Å². The van der Waals surface area contributed by atoms with Crippen molar-refractivity contribution in [1.82, 2.24) is 0 Å². The average molecular weight is 231 g/mol. The highest BCUT2D eigenvalue weighted by Gasteiger charge is 2.20. The standard InChI is InChI=1S/C11H13Cl2N/c12-8-4-5-10(13)9(7-8)11-3-1-2-6-14-11/h4-5,7,11,14H,1-3,6H2/p+1/t11-/m1/s1. The molecule has 1 fully saturated rings. The molecule has 3 heteroatoms. The molecule has 1 aromatic carbocycles. The molecule has 2 N–H and O–H groups in total. The normalized spacial score (nSPS) is 22.3. The number of rotatable bonds is 1. The van der Waals surface area contributed by atoms with Gasteiger partial charge < -0.3 is 5.32 Å². The highest BCUT2D eigenvalue weighted by molar-refractivity contribution is 6.33. The number of halogens is 2. The molecule has 0 amide bonds. The summed E-state index contributed by atoms with van der Waals surface area (Å²) in [5.41, 5.74) is 1.19. The average Bonchev–Trinajstić information content (AvgIpc) is 2.23. The minimum Gasteiger partial charge on any atom is -0.340 e. The van der Waals surface area contributed by atoms with Crippen LogP contribution in [0.25, 0.3) is 0 Å². The Bertz CT molecular complexity index is 319. The molecule has 0 bridgehead atoms. The lowest BCUT2D eigenvalue weighted by molar-refractivity contribution is -0.704. The van der Waals surface area contributed by atoms with Crippen molar-refractivity contribution in [2.24, 2.45) is 0 Å². The Morgan fingerprint density at radius 1 is 1.21 bits per heavy atom. The van der Waals surface area contributed by atoms with E-state index >= 15 is 0 Å². The van der Waals surface area contributed by atoms with Gasteiger partial charge in [-0.2, -0.15) is 0 Å². The van der Waals surface area contributed by atoms with Gasteiger partial charge in [0.15, 0.2) is 0 Å². The summed E-state index contributed by atoms with van der Waals surface area (Å²) in [7, 11) is 0. The first-order chi connectivity index (χ1) is 6.77. The highest BCUT2D eigenvalue weighted by atomic mass is 35.5. The predicted octanol–water partition coefficient (Wildman–Crippen LogP) is 2.78. The largest absolute Gasteiger partial charge is 0.340 e. The van der Waals surface area contributed by atoms with E-state index in [2.05, 4.69) is 5.32 Å². The molecular weight excluding hydrogens is 217 g/mol. The molecule has 0 aromatic heterocycles. The SMILES string of the molecule is Clc1ccc(Cl)c([C@H]2CCCC[NH2+]2)c1. The Morgan fingerprint density at radius 3 is 2.79 bits per heavy atom. The number of benzene rings is 1. The lowest BCUT2D eigenvalue weighted by Gasteiger charge is -2.21. The molecule has 76 valence electrons. The number of piperidine rings is 1. The highest BCUT2D eigenvalue weighted by Crippen LogP contribution is 2.27. The van der Waals surface area contributed by atoms with Crippen molar-refractivity contribution in [2.75, 3.05) is 6.54 Å². The molecule has 1 aliphatic heterocycles. The topological polar surface area (TPSA) is 16.6 Å². The third kappa shape index (κ3) is 2.22.